The van der Waals surface area contributed by atoms with E-state index in [2.05, 4.69) is 39.2 Å². The van der Waals surface area contributed by atoms with Gasteiger partial charge in [0.05, 0.1) is 5.69 Å². The van der Waals surface area contributed by atoms with Crippen molar-refractivity contribution in [1.29, 1.82) is 0 Å². The van der Waals surface area contributed by atoms with E-state index in [1.807, 2.05) is 30.5 Å². The van der Waals surface area contributed by atoms with E-state index < -0.39 is 0 Å². The van der Waals surface area contributed by atoms with Crippen molar-refractivity contribution >= 4 is 27.5 Å². The average Bonchev–Trinajstić information content (AvgIpc) is 2.36. The molecule has 0 saturated heterocycles. The van der Waals surface area contributed by atoms with Gasteiger partial charge in [0.25, 0.3) is 0 Å². The predicted octanol–water partition coefficient (Wildman–Crippen LogP) is 4.10. The maximum Gasteiger partial charge on any atom is 0.0570 e. The summed E-state index contributed by atoms with van der Waals surface area (Å²) < 4.78 is 1.07. The molecule has 0 aliphatic rings. The molecular weight excluding hydrogens is 312 g/mol. The van der Waals surface area contributed by atoms with Gasteiger partial charge in [-0.1, -0.05) is 33.6 Å². The Morgan fingerprint density at radius 2 is 2.11 bits per heavy atom. The fourth-order valence-corrected chi connectivity index (χ4v) is 2.28. The van der Waals surface area contributed by atoms with Crippen LogP contribution in [0.3, 0.4) is 0 Å². The Morgan fingerprint density at radius 3 is 2.89 bits per heavy atom. The van der Waals surface area contributed by atoms with Crippen molar-refractivity contribution in [1.82, 2.24) is 10.3 Å². The van der Waals surface area contributed by atoms with Crippen LogP contribution in [0.1, 0.15) is 16.8 Å². The molecule has 2 rings (SSSR count). The highest BCUT2D eigenvalue weighted by molar-refractivity contribution is 9.10. The summed E-state index contributed by atoms with van der Waals surface area (Å²) >= 11 is 9.49. The van der Waals surface area contributed by atoms with E-state index in [9.17, 15) is 0 Å². The lowest BCUT2D eigenvalue weighted by molar-refractivity contribution is 0.674. The summed E-state index contributed by atoms with van der Waals surface area (Å²) in [5, 5.41) is 4.13. The molecule has 0 saturated carbocycles. The molecular formula is C14H14BrClN2. The SMILES string of the molecule is Cc1cccnc1CNCc1cc(Cl)ccc1Br. The van der Waals surface area contributed by atoms with Crippen LogP contribution in [0.4, 0.5) is 0 Å². The quantitative estimate of drug-likeness (QED) is 0.915. The molecule has 0 unspecified atom stereocenters. The highest BCUT2D eigenvalue weighted by atomic mass is 79.9. The van der Waals surface area contributed by atoms with Crippen LogP contribution in [0.25, 0.3) is 0 Å². The van der Waals surface area contributed by atoms with Crippen molar-refractivity contribution in [3.8, 4) is 0 Å². The van der Waals surface area contributed by atoms with Crippen LogP contribution in [-0.2, 0) is 13.1 Å². The lowest BCUT2D eigenvalue weighted by Gasteiger charge is -2.08. The molecule has 0 spiro atoms. The lowest BCUT2D eigenvalue weighted by Crippen LogP contribution is -2.14. The number of benzene rings is 1. The van der Waals surface area contributed by atoms with Crippen molar-refractivity contribution in [3.63, 3.8) is 0 Å². The third-order valence-corrected chi connectivity index (χ3v) is 3.74. The van der Waals surface area contributed by atoms with Gasteiger partial charge >= 0.3 is 0 Å². The number of hydrogen-bond donors (Lipinski definition) is 1. The van der Waals surface area contributed by atoms with Crippen LogP contribution in [0, 0.1) is 6.92 Å². The van der Waals surface area contributed by atoms with Crippen molar-refractivity contribution in [2.75, 3.05) is 0 Å². The normalized spacial score (nSPS) is 10.6. The van der Waals surface area contributed by atoms with Crippen LogP contribution in [0.15, 0.2) is 41.0 Å². The molecule has 0 atom stereocenters. The van der Waals surface area contributed by atoms with Crippen molar-refractivity contribution in [2.24, 2.45) is 0 Å². The predicted molar refractivity (Wildman–Crippen MR) is 78.7 cm³/mol. The minimum absolute atomic E-state index is 0.754. The number of halogens is 2. The van der Waals surface area contributed by atoms with Gasteiger partial charge in [-0.3, -0.25) is 4.98 Å². The van der Waals surface area contributed by atoms with E-state index in [0.29, 0.717) is 0 Å². The largest absolute Gasteiger partial charge is 0.307 e. The minimum atomic E-state index is 0.754. The van der Waals surface area contributed by atoms with Gasteiger partial charge < -0.3 is 5.32 Å². The summed E-state index contributed by atoms with van der Waals surface area (Å²) in [7, 11) is 0. The molecule has 2 nitrogen and oxygen atoms in total. The number of aryl methyl sites for hydroxylation is 1. The summed E-state index contributed by atoms with van der Waals surface area (Å²) in [5.74, 6) is 0. The summed E-state index contributed by atoms with van der Waals surface area (Å²) in [4.78, 5) is 4.35. The molecule has 0 amide bonds. The molecule has 0 bridgehead atoms. The third kappa shape index (κ3) is 3.55. The van der Waals surface area contributed by atoms with Gasteiger partial charge in [0.2, 0.25) is 0 Å². The first-order chi connectivity index (χ1) is 8.66. The zero-order valence-corrected chi connectivity index (χ0v) is 12.4. The van der Waals surface area contributed by atoms with Crippen molar-refractivity contribution in [3.05, 3.63) is 62.8 Å². The fraction of sp³-hybridized carbons (Fsp3) is 0.214. The summed E-state index contributed by atoms with van der Waals surface area (Å²) in [6, 6.07) is 9.82. The molecule has 1 aromatic heterocycles. The zero-order valence-electron chi connectivity index (χ0n) is 10.1. The van der Waals surface area contributed by atoms with E-state index in [1.54, 1.807) is 0 Å². The highest BCUT2D eigenvalue weighted by Crippen LogP contribution is 2.21. The van der Waals surface area contributed by atoms with Gasteiger partial charge in [0, 0.05) is 28.8 Å². The first-order valence-corrected chi connectivity index (χ1v) is 6.89. The second-order valence-corrected chi connectivity index (χ2v) is 5.40. The molecule has 1 N–H and O–H groups in total. The molecule has 1 heterocycles. The Bertz CT molecular complexity index is 543. The smallest absolute Gasteiger partial charge is 0.0570 e. The molecule has 0 radical (unpaired) electrons. The number of pyridine rings is 1. The van der Waals surface area contributed by atoms with Crippen LogP contribution in [0.5, 0.6) is 0 Å². The molecule has 2 aromatic rings. The maximum atomic E-state index is 5.98. The highest BCUT2D eigenvalue weighted by Gasteiger charge is 2.02. The Kier molecular flexibility index (Phi) is 4.75. The molecule has 18 heavy (non-hydrogen) atoms. The Morgan fingerprint density at radius 1 is 1.28 bits per heavy atom. The van der Waals surface area contributed by atoms with Gasteiger partial charge in [-0.15, -0.1) is 0 Å². The average molecular weight is 326 g/mol. The van der Waals surface area contributed by atoms with E-state index in [-0.39, 0.29) is 0 Å². The lowest BCUT2D eigenvalue weighted by atomic mass is 10.2. The summed E-state index contributed by atoms with van der Waals surface area (Å²) in [6.07, 6.45) is 1.82. The first kappa shape index (κ1) is 13.5. The van der Waals surface area contributed by atoms with Crippen molar-refractivity contribution < 1.29 is 0 Å². The Balaban J connectivity index is 1.96. The first-order valence-electron chi connectivity index (χ1n) is 5.72. The molecule has 0 aliphatic heterocycles. The number of hydrogen-bond acceptors (Lipinski definition) is 2. The van der Waals surface area contributed by atoms with E-state index in [1.165, 1.54) is 5.56 Å². The number of nitrogens with one attached hydrogen (secondary N) is 1. The van der Waals surface area contributed by atoms with Crippen LogP contribution in [0.2, 0.25) is 5.02 Å². The van der Waals surface area contributed by atoms with Crippen molar-refractivity contribution in [2.45, 2.75) is 20.0 Å². The molecule has 1 aromatic carbocycles. The molecule has 94 valence electrons. The number of nitrogens with zero attached hydrogens (tertiary/aromatic N) is 1. The molecule has 0 fully saturated rings. The van der Waals surface area contributed by atoms with Gasteiger partial charge in [-0.05, 0) is 42.3 Å². The second-order valence-electron chi connectivity index (χ2n) is 4.11. The molecule has 0 aliphatic carbocycles. The topological polar surface area (TPSA) is 24.9 Å². The standard InChI is InChI=1S/C14H14BrClN2/c1-10-3-2-6-18-14(10)9-17-8-11-7-12(16)4-5-13(11)15/h2-7,17H,8-9H2,1H3. The zero-order chi connectivity index (χ0) is 13.0. The van der Waals surface area contributed by atoms with E-state index in [4.69, 9.17) is 11.6 Å². The Hall–Kier alpha value is -0.900. The van der Waals surface area contributed by atoms with Crippen LogP contribution < -0.4 is 5.32 Å². The number of aromatic nitrogens is 1. The third-order valence-electron chi connectivity index (χ3n) is 2.73. The fourth-order valence-electron chi connectivity index (χ4n) is 1.70. The van der Waals surface area contributed by atoms with Gasteiger partial charge in [-0.25, -0.2) is 0 Å². The Labute approximate surface area is 121 Å². The van der Waals surface area contributed by atoms with Crippen LogP contribution in [-0.4, -0.2) is 4.98 Å². The second kappa shape index (κ2) is 6.32. The number of rotatable bonds is 4. The van der Waals surface area contributed by atoms with Crippen LogP contribution >= 0.6 is 27.5 Å². The molecule has 4 heteroatoms. The summed E-state index contributed by atoms with van der Waals surface area (Å²) in [6.45, 7) is 3.59. The van der Waals surface area contributed by atoms with E-state index in [0.717, 1.165) is 33.8 Å². The van der Waals surface area contributed by atoms with Gasteiger partial charge in [0.15, 0.2) is 0 Å². The summed E-state index contributed by atoms with van der Waals surface area (Å²) in [5.41, 5.74) is 3.43. The van der Waals surface area contributed by atoms with E-state index >= 15 is 0 Å². The van der Waals surface area contributed by atoms with Gasteiger partial charge in [-0.2, -0.15) is 0 Å². The van der Waals surface area contributed by atoms with Gasteiger partial charge in [0.1, 0.15) is 0 Å². The monoisotopic (exact) mass is 324 g/mol. The maximum absolute atomic E-state index is 5.98. The minimum Gasteiger partial charge on any atom is -0.307 e.